The largest absolute Gasteiger partial charge is 0.352 e. The van der Waals surface area contributed by atoms with E-state index in [1.54, 1.807) is 16.7 Å². The highest BCUT2D eigenvalue weighted by Gasteiger charge is 2.27. The lowest BCUT2D eigenvalue weighted by molar-refractivity contribution is -0.142. The van der Waals surface area contributed by atoms with Crippen LogP contribution in [0.5, 0.6) is 0 Å². The van der Waals surface area contributed by atoms with E-state index in [0.29, 0.717) is 26.2 Å². The summed E-state index contributed by atoms with van der Waals surface area (Å²) < 4.78 is 0. The molecule has 3 N–H and O–H groups in total. The summed E-state index contributed by atoms with van der Waals surface area (Å²) >= 11 is 0. The highest BCUT2D eigenvalue weighted by Crippen LogP contribution is 2.08. The van der Waals surface area contributed by atoms with Crippen molar-refractivity contribution in [2.45, 2.75) is 26.8 Å². The standard InChI is InChI=1S/C12H22N4O3/c1-8(2)10(17)15-4-6-16(7-5-15)11(18)9(3)14-12(13)19/h8-9H,4-7H2,1-3H3,(H3,13,14,19). The number of rotatable bonds is 3. The van der Waals surface area contributed by atoms with Gasteiger partial charge in [-0.15, -0.1) is 0 Å². The van der Waals surface area contributed by atoms with Crippen LogP contribution >= 0.6 is 0 Å². The Morgan fingerprint density at radius 3 is 1.74 bits per heavy atom. The number of piperazine rings is 1. The van der Waals surface area contributed by atoms with Gasteiger partial charge >= 0.3 is 6.03 Å². The zero-order valence-corrected chi connectivity index (χ0v) is 11.7. The summed E-state index contributed by atoms with van der Waals surface area (Å²) in [6.07, 6.45) is 0. The Labute approximate surface area is 113 Å². The van der Waals surface area contributed by atoms with E-state index in [2.05, 4.69) is 5.32 Å². The van der Waals surface area contributed by atoms with Gasteiger partial charge in [0.15, 0.2) is 0 Å². The number of nitrogens with zero attached hydrogens (tertiary/aromatic N) is 2. The predicted molar refractivity (Wildman–Crippen MR) is 70.2 cm³/mol. The fraction of sp³-hybridized carbons (Fsp3) is 0.750. The smallest absolute Gasteiger partial charge is 0.312 e. The third kappa shape index (κ3) is 4.11. The van der Waals surface area contributed by atoms with Crippen LogP contribution in [0.1, 0.15) is 20.8 Å². The first-order valence-electron chi connectivity index (χ1n) is 6.46. The van der Waals surface area contributed by atoms with Gasteiger partial charge in [-0.2, -0.15) is 0 Å². The van der Waals surface area contributed by atoms with Crippen molar-refractivity contribution in [1.29, 1.82) is 0 Å². The molecule has 4 amide bonds. The molecule has 1 aliphatic rings. The van der Waals surface area contributed by atoms with E-state index in [9.17, 15) is 14.4 Å². The first kappa shape index (κ1) is 15.3. The number of hydrogen-bond donors (Lipinski definition) is 2. The average Bonchev–Trinajstić information content (AvgIpc) is 2.36. The van der Waals surface area contributed by atoms with Crippen molar-refractivity contribution >= 4 is 17.8 Å². The number of amides is 4. The summed E-state index contributed by atoms with van der Waals surface area (Å²) in [6.45, 7) is 7.36. The van der Waals surface area contributed by atoms with E-state index >= 15 is 0 Å². The molecule has 0 saturated carbocycles. The van der Waals surface area contributed by atoms with Gasteiger partial charge in [0.25, 0.3) is 0 Å². The van der Waals surface area contributed by atoms with Crippen molar-refractivity contribution in [2.24, 2.45) is 11.7 Å². The quantitative estimate of drug-likeness (QED) is 0.714. The highest BCUT2D eigenvalue weighted by atomic mass is 16.2. The van der Waals surface area contributed by atoms with Crippen LogP contribution in [-0.2, 0) is 9.59 Å². The molecule has 0 aliphatic carbocycles. The molecule has 7 nitrogen and oxygen atoms in total. The second kappa shape index (κ2) is 6.40. The lowest BCUT2D eigenvalue weighted by atomic mass is 10.1. The Kier molecular flexibility index (Phi) is 5.14. The van der Waals surface area contributed by atoms with Gasteiger partial charge < -0.3 is 20.9 Å². The maximum absolute atomic E-state index is 12.0. The summed E-state index contributed by atoms with van der Waals surface area (Å²) in [5.74, 6) is -0.0939. The van der Waals surface area contributed by atoms with Crippen molar-refractivity contribution in [3.8, 4) is 0 Å². The molecule has 0 aromatic rings. The molecule has 7 heteroatoms. The number of carbonyl (C=O) groups excluding carboxylic acids is 3. The summed E-state index contributed by atoms with van der Waals surface area (Å²) in [6, 6.07) is -1.35. The Bertz CT molecular complexity index is 362. The Morgan fingerprint density at radius 1 is 0.947 bits per heavy atom. The lowest BCUT2D eigenvalue weighted by Gasteiger charge is -2.36. The van der Waals surface area contributed by atoms with Crippen molar-refractivity contribution in [3.05, 3.63) is 0 Å². The highest BCUT2D eigenvalue weighted by molar-refractivity contribution is 5.86. The predicted octanol–water partition coefficient (Wildman–Crippen LogP) is -0.630. The van der Waals surface area contributed by atoms with Gasteiger partial charge in [-0.05, 0) is 6.92 Å². The van der Waals surface area contributed by atoms with Crippen LogP contribution in [0.3, 0.4) is 0 Å². The van der Waals surface area contributed by atoms with Crippen LogP contribution < -0.4 is 11.1 Å². The van der Waals surface area contributed by atoms with Crippen molar-refractivity contribution in [3.63, 3.8) is 0 Å². The molecule has 1 atom stereocenters. The van der Waals surface area contributed by atoms with E-state index in [4.69, 9.17) is 5.73 Å². The van der Waals surface area contributed by atoms with E-state index in [1.807, 2.05) is 13.8 Å². The van der Waals surface area contributed by atoms with Gasteiger partial charge in [-0.1, -0.05) is 13.8 Å². The van der Waals surface area contributed by atoms with E-state index in [0.717, 1.165) is 0 Å². The van der Waals surface area contributed by atoms with Gasteiger partial charge in [0, 0.05) is 32.1 Å². The monoisotopic (exact) mass is 270 g/mol. The molecule has 1 unspecified atom stereocenters. The van der Waals surface area contributed by atoms with Gasteiger partial charge in [0.1, 0.15) is 6.04 Å². The topological polar surface area (TPSA) is 95.7 Å². The molecule has 1 heterocycles. The SMILES string of the molecule is CC(C)C(=O)N1CCN(C(=O)C(C)NC(N)=O)CC1. The van der Waals surface area contributed by atoms with Gasteiger partial charge in [-0.25, -0.2) is 4.79 Å². The lowest BCUT2D eigenvalue weighted by Crippen LogP contribution is -2.56. The van der Waals surface area contributed by atoms with Gasteiger partial charge in [0.2, 0.25) is 11.8 Å². The maximum atomic E-state index is 12.0. The van der Waals surface area contributed by atoms with Crippen LogP contribution in [0.4, 0.5) is 4.79 Å². The zero-order valence-electron chi connectivity index (χ0n) is 11.7. The maximum Gasteiger partial charge on any atom is 0.312 e. The summed E-state index contributed by atoms with van der Waals surface area (Å²) in [7, 11) is 0. The summed E-state index contributed by atoms with van der Waals surface area (Å²) in [5, 5.41) is 2.36. The Hall–Kier alpha value is -1.79. The molecule has 19 heavy (non-hydrogen) atoms. The van der Waals surface area contributed by atoms with E-state index in [-0.39, 0.29) is 17.7 Å². The van der Waals surface area contributed by atoms with E-state index < -0.39 is 12.1 Å². The van der Waals surface area contributed by atoms with Crippen molar-refractivity contribution in [1.82, 2.24) is 15.1 Å². The number of carbonyl (C=O) groups is 3. The first-order chi connectivity index (χ1) is 8.82. The Balaban J connectivity index is 2.47. The molecular weight excluding hydrogens is 248 g/mol. The molecule has 0 aromatic carbocycles. The fourth-order valence-corrected chi connectivity index (χ4v) is 2.06. The summed E-state index contributed by atoms with van der Waals surface area (Å²) in [5.41, 5.74) is 4.98. The summed E-state index contributed by atoms with van der Waals surface area (Å²) in [4.78, 5) is 37.9. The van der Waals surface area contributed by atoms with Crippen molar-refractivity contribution in [2.75, 3.05) is 26.2 Å². The minimum atomic E-state index is -0.713. The number of nitrogens with one attached hydrogen (secondary N) is 1. The second-order valence-corrected chi connectivity index (χ2v) is 5.04. The third-order valence-corrected chi connectivity index (χ3v) is 3.13. The number of urea groups is 1. The molecule has 1 aliphatic heterocycles. The molecule has 0 radical (unpaired) electrons. The van der Waals surface area contributed by atoms with Crippen LogP contribution in [0.25, 0.3) is 0 Å². The minimum absolute atomic E-state index is 0.0299. The van der Waals surface area contributed by atoms with Gasteiger partial charge in [0.05, 0.1) is 0 Å². The molecule has 0 spiro atoms. The number of primary amides is 1. The van der Waals surface area contributed by atoms with Crippen LogP contribution in [0.15, 0.2) is 0 Å². The zero-order chi connectivity index (χ0) is 14.6. The molecule has 0 bridgehead atoms. The molecule has 1 fully saturated rings. The average molecular weight is 270 g/mol. The third-order valence-electron chi connectivity index (χ3n) is 3.13. The van der Waals surface area contributed by atoms with Crippen LogP contribution in [0.2, 0.25) is 0 Å². The second-order valence-electron chi connectivity index (χ2n) is 5.04. The molecule has 1 rings (SSSR count). The van der Waals surface area contributed by atoms with Crippen molar-refractivity contribution < 1.29 is 14.4 Å². The molecular formula is C12H22N4O3. The van der Waals surface area contributed by atoms with Gasteiger partial charge in [-0.3, -0.25) is 9.59 Å². The molecule has 1 saturated heterocycles. The van der Waals surface area contributed by atoms with E-state index in [1.165, 1.54) is 0 Å². The number of hydrogen-bond acceptors (Lipinski definition) is 3. The number of nitrogens with two attached hydrogens (primary N) is 1. The molecule has 108 valence electrons. The fourth-order valence-electron chi connectivity index (χ4n) is 2.06. The minimum Gasteiger partial charge on any atom is -0.352 e. The molecule has 0 aromatic heterocycles. The van der Waals surface area contributed by atoms with Crippen LogP contribution in [-0.4, -0.2) is 59.9 Å². The Morgan fingerprint density at radius 2 is 1.37 bits per heavy atom. The van der Waals surface area contributed by atoms with Crippen LogP contribution in [0, 0.1) is 5.92 Å². The first-order valence-corrected chi connectivity index (χ1v) is 6.46. The normalized spacial score (nSPS) is 17.3.